The summed E-state index contributed by atoms with van der Waals surface area (Å²) in [5.41, 5.74) is 9.46. The maximum absolute atomic E-state index is 2.71. The minimum absolute atomic E-state index is 0.387. The molecule has 3 unspecified atom stereocenters. The molecule has 3 aliphatic carbocycles. The lowest BCUT2D eigenvalue weighted by Gasteiger charge is -2.34. The van der Waals surface area contributed by atoms with Crippen molar-refractivity contribution in [1.29, 1.82) is 0 Å². The molecule has 5 aromatic rings. The standard InChI is InChI=1S/C44H37N/c1-4-14-30(15-5-1)43-36-21-10-11-22-37(36)44(31-16-6-2-7-17-31)40-29-32(24-26-38(40)43)33-25-27-42-39(28-33)35-20-12-13-23-41(35)45(42)34-18-8-3-9-19-34/h1-6,8-12,14-16,18-22,24-29,35,39,41-42H,7,13,17,23H2/t35?,39-,41?,42?/m1/s1. The number of benzene rings is 5. The maximum atomic E-state index is 2.71. The first kappa shape index (κ1) is 26.5. The summed E-state index contributed by atoms with van der Waals surface area (Å²) in [6.45, 7) is 0. The van der Waals surface area contributed by atoms with Gasteiger partial charge in [0.1, 0.15) is 0 Å². The summed E-state index contributed by atoms with van der Waals surface area (Å²) in [7, 11) is 0. The molecule has 1 nitrogen and oxygen atoms in total. The highest BCUT2D eigenvalue weighted by atomic mass is 15.2. The third-order valence-corrected chi connectivity index (χ3v) is 10.6. The number of hydrogen-bond donors (Lipinski definition) is 0. The van der Waals surface area contributed by atoms with Crippen molar-refractivity contribution in [3.8, 4) is 11.1 Å². The van der Waals surface area contributed by atoms with Gasteiger partial charge in [-0.25, -0.2) is 0 Å². The number of fused-ring (bicyclic) bond motifs is 5. The van der Waals surface area contributed by atoms with E-state index in [2.05, 4.69) is 157 Å². The Morgan fingerprint density at radius 2 is 1.36 bits per heavy atom. The van der Waals surface area contributed by atoms with Gasteiger partial charge in [-0.1, -0.05) is 134 Å². The fourth-order valence-corrected chi connectivity index (χ4v) is 8.67. The second kappa shape index (κ2) is 10.9. The highest BCUT2D eigenvalue weighted by molar-refractivity contribution is 6.19. The maximum Gasteiger partial charge on any atom is 0.0549 e. The minimum Gasteiger partial charge on any atom is -0.361 e. The molecule has 1 saturated heterocycles. The lowest BCUT2D eigenvalue weighted by Crippen LogP contribution is -2.38. The molecule has 4 aliphatic rings. The molecule has 0 aromatic heterocycles. The van der Waals surface area contributed by atoms with Gasteiger partial charge in [0.2, 0.25) is 0 Å². The van der Waals surface area contributed by atoms with Gasteiger partial charge in [-0.05, 0) is 98.8 Å². The largest absolute Gasteiger partial charge is 0.361 e. The van der Waals surface area contributed by atoms with Crippen molar-refractivity contribution in [2.75, 3.05) is 4.90 Å². The molecule has 0 bridgehead atoms. The van der Waals surface area contributed by atoms with Crippen LogP contribution in [0.5, 0.6) is 0 Å². The van der Waals surface area contributed by atoms with Crippen molar-refractivity contribution >= 4 is 38.4 Å². The van der Waals surface area contributed by atoms with Crippen LogP contribution in [0.2, 0.25) is 0 Å². The summed E-state index contributed by atoms with van der Waals surface area (Å²) >= 11 is 0. The third kappa shape index (κ3) is 4.37. The van der Waals surface area contributed by atoms with E-state index >= 15 is 0 Å². The first-order chi connectivity index (χ1) is 22.3. The molecule has 1 aliphatic heterocycles. The summed E-state index contributed by atoms with van der Waals surface area (Å²) in [6.07, 6.45) is 23.9. The molecule has 1 heterocycles. The molecular formula is C44H37N. The van der Waals surface area contributed by atoms with E-state index < -0.39 is 0 Å². The molecule has 0 N–H and O–H groups in total. The van der Waals surface area contributed by atoms with Crippen molar-refractivity contribution in [2.45, 2.75) is 37.8 Å². The van der Waals surface area contributed by atoms with Gasteiger partial charge in [0.15, 0.2) is 0 Å². The van der Waals surface area contributed by atoms with Gasteiger partial charge in [0.25, 0.3) is 0 Å². The average Bonchev–Trinajstić information content (AvgIpc) is 3.45. The van der Waals surface area contributed by atoms with Crippen LogP contribution in [0.1, 0.15) is 36.8 Å². The molecule has 9 rings (SSSR count). The molecule has 0 amide bonds. The quantitative estimate of drug-likeness (QED) is 0.151. The van der Waals surface area contributed by atoms with Crippen molar-refractivity contribution in [3.63, 3.8) is 0 Å². The third-order valence-electron chi connectivity index (χ3n) is 10.6. The van der Waals surface area contributed by atoms with E-state index in [1.807, 2.05) is 0 Å². The van der Waals surface area contributed by atoms with E-state index in [-0.39, 0.29) is 0 Å². The Morgan fingerprint density at radius 1 is 0.600 bits per heavy atom. The SMILES string of the molecule is C1=CCCC(c2c3ccccc3c(-c3ccccc3)c3ccc(C4=C[C@@H]5C6C=CCCC6N(c6ccccc6)C5C=C4)cc23)=C1. The Balaban J connectivity index is 1.23. The van der Waals surface area contributed by atoms with Crippen LogP contribution >= 0.6 is 0 Å². The summed E-state index contributed by atoms with van der Waals surface area (Å²) in [4.78, 5) is 2.71. The molecule has 0 spiro atoms. The van der Waals surface area contributed by atoms with Crippen LogP contribution in [0.4, 0.5) is 5.69 Å². The van der Waals surface area contributed by atoms with Gasteiger partial charge in [0.05, 0.1) is 6.04 Å². The molecule has 1 fully saturated rings. The van der Waals surface area contributed by atoms with Gasteiger partial charge < -0.3 is 4.90 Å². The summed E-state index contributed by atoms with van der Waals surface area (Å²) in [6, 6.07) is 39.3. The predicted molar refractivity (Wildman–Crippen MR) is 192 cm³/mol. The van der Waals surface area contributed by atoms with Gasteiger partial charge in [-0.3, -0.25) is 0 Å². The Hall–Kier alpha value is -4.88. The number of allylic oxidation sites excluding steroid dienone is 7. The van der Waals surface area contributed by atoms with Crippen LogP contribution < -0.4 is 4.90 Å². The number of anilines is 1. The van der Waals surface area contributed by atoms with Gasteiger partial charge in [-0.2, -0.15) is 0 Å². The van der Waals surface area contributed by atoms with Crippen LogP contribution in [-0.4, -0.2) is 12.1 Å². The molecule has 0 saturated carbocycles. The number of nitrogens with zero attached hydrogens (tertiary/aromatic N) is 1. The van der Waals surface area contributed by atoms with Crippen molar-refractivity contribution < 1.29 is 0 Å². The number of para-hydroxylation sites is 1. The lowest BCUT2D eigenvalue weighted by atomic mass is 9.78. The van der Waals surface area contributed by atoms with Crippen LogP contribution in [0, 0.1) is 11.8 Å². The van der Waals surface area contributed by atoms with Gasteiger partial charge >= 0.3 is 0 Å². The molecular weight excluding hydrogens is 542 g/mol. The second-order valence-corrected chi connectivity index (χ2v) is 13.0. The first-order valence-corrected chi connectivity index (χ1v) is 16.7. The fraction of sp³-hybridized carbons (Fsp3) is 0.182. The van der Waals surface area contributed by atoms with Crippen molar-refractivity contribution in [2.24, 2.45) is 11.8 Å². The van der Waals surface area contributed by atoms with E-state index in [1.54, 1.807) is 0 Å². The average molecular weight is 580 g/mol. The van der Waals surface area contributed by atoms with E-state index in [4.69, 9.17) is 0 Å². The zero-order valence-corrected chi connectivity index (χ0v) is 25.5. The zero-order chi connectivity index (χ0) is 29.7. The molecule has 1 heteroatoms. The topological polar surface area (TPSA) is 3.24 Å². The van der Waals surface area contributed by atoms with Crippen LogP contribution in [0.15, 0.2) is 152 Å². The van der Waals surface area contributed by atoms with E-state index in [1.165, 1.54) is 73.5 Å². The zero-order valence-electron chi connectivity index (χ0n) is 25.5. The molecule has 5 aromatic carbocycles. The van der Waals surface area contributed by atoms with Crippen molar-refractivity contribution in [1.82, 2.24) is 0 Å². The van der Waals surface area contributed by atoms with Crippen LogP contribution in [-0.2, 0) is 0 Å². The van der Waals surface area contributed by atoms with Crippen LogP contribution in [0.25, 0.3) is 43.8 Å². The fourth-order valence-electron chi connectivity index (χ4n) is 8.67. The van der Waals surface area contributed by atoms with Gasteiger partial charge in [0, 0.05) is 23.6 Å². The molecule has 0 radical (unpaired) electrons. The number of hydrogen-bond acceptors (Lipinski definition) is 1. The van der Waals surface area contributed by atoms with E-state index in [0.717, 1.165) is 12.8 Å². The Kier molecular flexibility index (Phi) is 6.44. The predicted octanol–water partition coefficient (Wildman–Crippen LogP) is 11.2. The summed E-state index contributed by atoms with van der Waals surface area (Å²) < 4.78 is 0. The summed E-state index contributed by atoms with van der Waals surface area (Å²) in [5.74, 6) is 0.998. The Labute approximate surface area is 266 Å². The first-order valence-electron chi connectivity index (χ1n) is 16.7. The highest BCUT2D eigenvalue weighted by Gasteiger charge is 2.47. The van der Waals surface area contributed by atoms with E-state index in [0.29, 0.717) is 23.9 Å². The molecule has 218 valence electrons. The molecule has 45 heavy (non-hydrogen) atoms. The van der Waals surface area contributed by atoms with Crippen LogP contribution in [0.3, 0.4) is 0 Å². The monoisotopic (exact) mass is 579 g/mol. The smallest absolute Gasteiger partial charge is 0.0549 e. The normalized spacial score (nSPS) is 23.6. The molecule has 4 atom stereocenters. The van der Waals surface area contributed by atoms with E-state index in [9.17, 15) is 0 Å². The lowest BCUT2D eigenvalue weighted by molar-refractivity contribution is 0.458. The minimum atomic E-state index is 0.387. The second-order valence-electron chi connectivity index (χ2n) is 13.0. The highest BCUT2D eigenvalue weighted by Crippen LogP contribution is 2.48. The number of rotatable bonds is 4. The summed E-state index contributed by atoms with van der Waals surface area (Å²) in [5, 5.41) is 5.37. The van der Waals surface area contributed by atoms with Gasteiger partial charge in [-0.15, -0.1) is 0 Å². The Bertz CT molecular complexity index is 2070. The Morgan fingerprint density at radius 3 is 2.16 bits per heavy atom. The van der Waals surface area contributed by atoms with Crippen molar-refractivity contribution in [3.05, 3.63) is 163 Å².